The Kier molecular flexibility index (Phi) is 6.16. The maximum atomic E-state index is 12.9. The minimum absolute atomic E-state index is 0.0943. The third-order valence-corrected chi connectivity index (χ3v) is 9.39. The molecule has 1 heterocycles. The average Bonchev–Trinajstić information content (AvgIpc) is 2.68. The van der Waals surface area contributed by atoms with E-state index in [1.165, 1.54) is 27.9 Å². The summed E-state index contributed by atoms with van der Waals surface area (Å²) in [7, 11) is -5.88. The molecule has 10 heteroatoms. The topological polar surface area (TPSA) is 84.0 Å². The quantitative estimate of drug-likeness (QED) is 0.645. The van der Waals surface area contributed by atoms with E-state index in [0.29, 0.717) is 10.2 Å². The summed E-state index contributed by atoms with van der Waals surface area (Å²) in [5.74, 6) is 0.568. The van der Waals surface area contributed by atoms with Crippen molar-refractivity contribution in [2.24, 2.45) is 0 Å². The van der Waals surface area contributed by atoms with Crippen LogP contribution in [0.4, 0.5) is 0 Å². The van der Waals surface area contributed by atoms with Gasteiger partial charge in [-0.2, -0.15) is 8.61 Å². The van der Waals surface area contributed by atoms with Crippen molar-refractivity contribution < 1.29 is 21.6 Å². The molecule has 0 unspecified atom stereocenters. The number of rotatable bonds is 5. The zero-order chi connectivity index (χ0) is 20.5. The molecular formula is C18H21BrN2O5S2. The molecule has 0 bridgehead atoms. The van der Waals surface area contributed by atoms with E-state index in [2.05, 4.69) is 15.9 Å². The lowest BCUT2D eigenvalue weighted by Crippen LogP contribution is -2.50. The minimum Gasteiger partial charge on any atom is -0.497 e. The number of hydrogen-bond donors (Lipinski definition) is 0. The molecule has 0 N–H and O–H groups in total. The summed E-state index contributed by atoms with van der Waals surface area (Å²) >= 11 is 3.31. The van der Waals surface area contributed by atoms with Crippen molar-refractivity contribution >= 4 is 36.0 Å². The molecule has 0 aliphatic carbocycles. The maximum Gasteiger partial charge on any atom is 0.244 e. The Morgan fingerprint density at radius 2 is 1.39 bits per heavy atom. The highest BCUT2D eigenvalue weighted by molar-refractivity contribution is 9.10. The molecule has 0 saturated carbocycles. The second-order valence-electron chi connectivity index (χ2n) is 6.42. The summed E-state index contributed by atoms with van der Waals surface area (Å²) in [5, 5.41) is 0. The van der Waals surface area contributed by atoms with Crippen LogP contribution in [-0.2, 0) is 20.0 Å². The van der Waals surface area contributed by atoms with Crippen LogP contribution in [0.15, 0.2) is 56.7 Å². The lowest BCUT2D eigenvalue weighted by Gasteiger charge is -2.33. The smallest absolute Gasteiger partial charge is 0.244 e. The van der Waals surface area contributed by atoms with E-state index in [4.69, 9.17) is 4.74 Å². The Morgan fingerprint density at radius 3 is 1.89 bits per heavy atom. The van der Waals surface area contributed by atoms with Crippen LogP contribution in [0.25, 0.3) is 0 Å². The summed E-state index contributed by atoms with van der Waals surface area (Å²) in [5.41, 5.74) is 0.946. The van der Waals surface area contributed by atoms with E-state index >= 15 is 0 Å². The van der Waals surface area contributed by atoms with Crippen molar-refractivity contribution in [1.82, 2.24) is 8.61 Å². The molecule has 1 saturated heterocycles. The zero-order valence-corrected chi connectivity index (χ0v) is 18.7. The standard InChI is InChI=1S/C18H21BrN2O5S2/c1-14-3-8-18(17(19)13-14)28(24,25)21-11-9-20(10-12-21)27(22,23)16-6-4-15(26-2)5-7-16/h3-8,13H,9-12H2,1-2H3. The number of halogens is 1. The van der Waals surface area contributed by atoms with Gasteiger partial charge >= 0.3 is 0 Å². The highest BCUT2D eigenvalue weighted by Crippen LogP contribution is 2.28. The van der Waals surface area contributed by atoms with Gasteiger partial charge in [0.2, 0.25) is 20.0 Å². The molecule has 1 aliphatic heterocycles. The number of piperazine rings is 1. The van der Waals surface area contributed by atoms with Gasteiger partial charge in [-0.1, -0.05) is 6.07 Å². The lowest BCUT2D eigenvalue weighted by molar-refractivity contribution is 0.272. The molecule has 152 valence electrons. The molecule has 3 rings (SSSR count). The Balaban J connectivity index is 1.76. The summed E-state index contributed by atoms with van der Waals surface area (Å²) in [4.78, 5) is 0.343. The summed E-state index contributed by atoms with van der Waals surface area (Å²) in [6.45, 7) is 2.26. The largest absolute Gasteiger partial charge is 0.497 e. The van der Waals surface area contributed by atoms with Crippen molar-refractivity contribution in [2.75, 3.05) is 33.3 Å². The average molecular weight is 489 g/mol. The second kappa shape index (κ2) is 8.11. The first-order chi connectivity index (χ1) is 13.2. The highest BCUT2D eigenvalue weighted by Gasteiger charge is 2.34. The summed E-state index contributed by atoms with van der Waals surface area (Å²) in [6.07, 6.45) is 0. The summed E-state index contributed by atoms with van der Waals surface area (Å²) in [6, 6.07) is 11.2. The fourth-order valence-corrected chi connectivity index (χ4v) is 7.00. The molecule has 1 aliphatic rings. The second-order valence-corrected chi connectivity index (χ2v) is 11.1. The van der Waals surface area contributed by atoms with Gasteiger partial charge in [0, 0.05) is 30.7 Å². The molecule has 0 radical (unpaired) electrons. The third-order valence-electron chi connectivity index (χ3n) is 4.60. The fourth-order valence-electron chi connectivity index (χ4n) is 3.00. The molecule has 1 fully saturated rings. The van der Waals surface area contributed by atoms with Gasteiger partial charge in [-0.05, 0) is 64.8 Å². The highest BCUT2D eigenvalue weighted by atomic mass is 79.9. The van der Waals surface area contributed by atoms with Gasteiger partial charge in [-0.25, -0.2) is 16.8 Å². The monoisotopic (exact) mass is 488 g/mol. The number of nitrogens with zero attached hydrogens (tertiary/aromatic N) is 2. The van der Waals surface area contributed by atoms with Crippen LogP contribution in [0.1, 0.15) is 5.56 Å². The maximum absolute atomic E-state index is 12.9. The normalized spacial score (nSPS) is 16.8. The first-order valence-electron chi connectivity index (χ1n) is 8.57. The van der Waals surface area contributed by atoms with Crippen LogP contribution in [-0.4, -0.2) is 58.7 Å². The molecular weight excluding hydrogens is 468 g/mol. The number of methoxy groups -OCH3 is 1. The first kappa shape index (κ1) is 21.3. The molecule has 0 spiro atoms. The molecule has 28 heavy (non-hydrogen) atoms. The van der Waals surface area contributed by atoms with Crippen molar-refractivity contribution in [3.05, 3.63) is 52.5 Å². The molecule has 0 amide bonds. The number of sulfonamides is 2. The molecule has 2 aromatic rings. The third kappa shape index (κ3) is 4.11. The van der Waals surface area contributed by atoms with Gasteiger partial charge in [-0.15, -0.1) is 0 Å². The number of ether oxygens (including phenoxy) is 1. The SMILES string of the molecule is COc1ccc(S(=O)(=O)N2CCN(S(=O)(=O)c3ccc(C)cc3Br)CC2)cc1. The Bertz CT molecular complexity index is 1060. The predicted octanol–water partition coefficient (Wildman–Crippen LogP) is 2.46. The van der Waals surface area contributed by atoms with Crippen LogP contribution < -0.4 is 4.74 Å². The Morgan fingerprint density at radius 1 is 0.857 bits per heavy atom. The van der Waals surface area contributed by atoms with Crippen molar-refractivity contribution in [3.8, 4) is 5.75 Å². The van der Waals surface area contributed by atoms with Crippen LogP contribution in [0, 0.1) is 6.92 Å². The number of hydrogen-bond acceptors (Lipinski definition) is 5. The van der Waals surface area contributed by atoms with Gasteiger partial charge < -0.3 is 4.74 Å². The van der Waals surface area contributed by atoms with Gasteiger partial charge in [-0.3, -0.25) is 0 Å². The van der Waals surface area contributed by atoms with Crippen molar-refractivity contribution in [1.29, 1.82) is 0 Å². The van der Waals surface area contributed by atoms with Gasteiger partial charge in [0.1, 0.15) is 5.75 Å². The number of aryl methyl sites for hydroxylation is 1. The Labute approximate surface area is 174 Å². The fraction of sp³-hybridized carbons (Fsp3) is 0.333. The molecule has 7 nitrogen and oxygen atoms in total. The Hall–Kier alpha value is -1.46. The first-order valence-corrected chi connectivity index (χ1v) is 12.2. The van der Waals surface area contributed by atoms with Gasteiger partial charge in [0.05, 0.1) is 16.9 Å². The van der Waals surface area contributed by atoms with Crippen LogP contribution in [0.5, 0.6) is 5.75 Å². The minimum atomic E-state index is -3.70. The van der Waals surface area contributed by atoms with E-state index in [9.17, 15) is 16.8 Å². The van der Waals surface area contributed by atoms with Gasteiger partial charge in [0.15, 0.2) is 0 Å². The van der Waals surface area contributed by atoms with Crippen LogP contribution >= 0.6 is 15.9 Å². The molecule has 0 aromatic heterocycles. The predicted molar refractivity (Wildman–Crippen MR) is 109 cm³/mol. The molecule has 2 aromatic carbocycles. The summed E-state index contributed by atoms with van der Waals surface area (Å²) < 4.78 is 59.7. The van der Waals surface area contributed by atoms with Crippen LogP contribution in [0.3, 0.4) is 0 Å². The lowest BCUT2D eigenvalue weighted by atomic mass is 10.2. The van der Waals surface area contributed by atoms with E-state index in [-0.39, 0.29) is 36.0 Å². The number of benzene rings is 2. The van der Waals surface area contributed by atoms with Crippen molar-refractivity contribution in [3.63, 3.8) is 0 Å². The van der Waals surface area contributed by atoms with E-state index in [1.807, 2.05) is 6.92 Å². The molecule has 0 atom stereocenters. The van der Waals surface area contributed by atoms with Crippen LogP contribution in [0.2, 0.25) is 0 Å². The van der Waals surface area contributed by atoms with Crippen molar-refractivity contribution in [2.45, 2.75) is 16.7 Å². The zero-order valence-electron chi connectivity index (χ0n) is 15.5. The van der Waals surface area contributed by atoms with E-state index in [1.54, 1.807) is 30.3 Å². The van der Waals surface area contributed by atoms with Gasteiger partial charge in [0.25, 0.3) is 0 Å². The van der Waals surface area contributed by atoms with E-state index in [0.717, 1.165) is 5.56 Å². The van der Waals surface area contributed by atoms with E-state index < -0.39 is 20.0 Å².